The molecule has 0 saturated carbocycles. The number of rotatable bonds is 5. The average Bonchev–Trinajstić information content (AvgIpc) is 3.14. The van der Waals surface area contributed by atoms with Crippen molar-refractivity contribution in [2.75, 3.05) is 26.2 Å². The fourth-order valence-corrected chi connectivity index (χ4v) is 3.80. The van der Waals surface area contributed by atoms with Gasteiger partial charge < -0.3 is 10.6 Å². The number of thiophene rings is 1. The first-order chi connectivity index (χ1) is 12.6. The van der Waals surface area contributed by atoms with Crippen molar-refractivity contribution in [1.29, 1.82) is 0 Å². The van der Waals surface area contributed by atoms with Crippen LogP contribution in [-0.2, 0) is 11.3 Å². The summed E-state index contributed by atoms with van der Waals surface area (Å²) in [6, 6.07) is 11.1. The molecule has 3 rings (SSSR count). The largest absolute Gasteiger partial charge is 0.333 e. The number of nitrogens with one attached hydrogen (secondary N) is 3. The molecule has 0 aliphatic carbocycles. The quantitative estimate of drug-likeness (QED) is 0.684. The van der Waals surface area contributed by atoms with Gasteiger partial charge in [-0.05, 0) is 29.1 Å². The van der Waals surface area contributed by atoms with E-state index in [-0.39, 0.29) is 30.9 Å². The van der Waals surface area contributed by atoms with E-state index in [0.717, 1.165) is 30.1 Å². The van der Waals surface area contributed by atoms with Crippen LogP contribution in [0.4, 0.5) is 4.79 Å². The molecule has 27 heavy (non-hydrogen) atoms. The molecule has 6 nitrogen and oxygen atoms in total. The molecule has 1 aliphatic heterocycles. The maximum atomic E-state index is 12.3. The van der Waals surface area contributed by atoms with Crippen LogP contribution < -0.4 is 16.0 Å². The summed E-state index contributed by atoms with van der Waals surface area (Å²) in [6.45, 7) is 2.83. The van der Waals surface area contributed by atoms with Gasteiger partial charge in [0.1, 0.15) is 0 Å². The van der Waals surface area contributed by atoms with E-state index in [1.165, 1.54) is 0 Å². The Hall–Kier alpha value is -1.64. The molecule has 0 bridgehead atoms. The molecule has 1 unspecified atom stereocenters. The lowest BCUT2D eigenvalue weighted by molar-refractivity contribution is -0.122. The number of hydrogen-bond donors (Lipinski definition) is 3. The van der Waals surface area contributed by atoms with Gasteiger partial charge in [-0.3, -0.25) is 15.0 Å². The van der Waals surface area contributed by atoms with Gasteiger partial charge in [0.15, 0.2) is 0 Å². The predicted octanol–water partition coefficient (Wildman–Crippen LogP) is 2.80. The third-order valence-electron chi connectivity index (χ3n) is 4.19. The SMILES string of the molecule is Cl.O=C(CN1CCNCC1c1cccc(Cl)c1)NC(=O)NCc1cccs1. The molecule has 146 valence electrons. The van der Waals surface area contributed by atoms with Crippen LogP contribution in [0.25, 0.3) is 0 Å². The minimum Gasteiger partial charge on any atom is -0.333 e. The monoisotopic (exact) mass is 428 g/mol. The van der Waals surface area contributed by atoms with Gasteiger partial charge >= 0.3 is 6.03 Å². The summed E-state index contributed by atoms with van der Waals surface area (Å²) >= 11 is 7.65. The van der Waals surface area contributed by atoms with E-state index in [0.29, 0.717) is 11.6 Å². The molecule has 9 heteroatoms. The van der Waals surface area contributed by atoms with Crippen LogP contribution in [0.2, 0.25) is 5.02 Å². The molecule has 1 aliphatic rings. The maximum Gasteiger partial charge on any atom is 0.321 e. The van der Waals surface area contributed by atoms with Crippen LogP contribution in [0.1, 0.15) is 16.5 Å². The van der Waals surface area contributed by atoms with Crippen LogP contribution in [0.3, 0.4) is 0 Å². The van der Waals surface area contributed by atoms with E-state index >= 15 is 0 Å². The van der Waals surface area contributed by atoms with Crippen LogP contribution in [0.5, 0.6) is 0 Å². The van der Waals surface area contributed by atoms with E-state index in [1.54, 1.807) is 11.3 Å². The summed E-state index contributed by atoms with van der Waals surface area (Å²) in [6.07, 6.45) is 0. The second kappa shape index (κ2) is 10.6. The normalized spacial score (nSPS) is 17.0. The lowest BCUT2D eigenvalue weighted by Gasteiger charge is -2.36. The maximum absolute atomic E-state index is 12.3. The van der Waals surface area contributed by atoms with Crippen LogP contribution in [0, 0.1) is 0 Å². The van der Waals surface area contributed by atoms with Gasteiger partial charge in [-0.15, -0.1) is 23.7 Å². The zero-order chi connectivity index (χ0) is 18.4. The average molecular weight is 429 g/mol. The highest BCUT2D eigenvalue weighted by Gasteiger charge is 2.26. The van der Waals surface area contributed by atoms with E-state index in [9.17, 15) is 9.59 Å². The molecular weight excluding hydrogens is 407 g/mol. The molecule has 3 amide bonds. The topological polar surface area (TPSA) is 73.5 Å². The first-order valence-corrected chi connectivity index (χ1v) is 9.68. The Morgan fingerprint density at radius 1 is 1.30 bits per heavy atom. The molecule has 1 saturated heterocycles. The zero-order valence-corrected chi connectivity index (χ0v) is 17.0. The van der Waals surface area contributed by atoms with Crippen molar-refractivity contribution in [2.24, 2.45) is 0 Å². The lowest BCUT2D eigenvalue weighted by atomic mass is 10.0. The van der Waals surface area contributed by atoms with Crippen molar-refractivity contribution >= 4 is 47.3 Å². The third-order valence-corrected chi connectivity index (χ3v) is 5.30. The number of carbonyl (C=O) groups excluding carboxylic acids is 2. The van der Waals surface area contributed by atoms with E-state index in [1.807, 2.05) is 41.8 Å². The molecular formula is C18H22Cl2N4O2S. The fourth-order valence-electron chi connectivity index (χ4n) is 2.95. The van der Waals surface area contributed by atoms with Crippen molar-refractivity contribution in [3.63, 3.8) is 0 Å². The molecule has 2 aromatic rings. The molecule has 2 heterocycles. The summed E-state index contributed by atoms with van der Waals surface area (Å²) in [5.41, 5.74) is 1.06. The second-order valence-corrected chi connectivity index (χ2v) is 7.52. The number of benzene rings is 1. The van der Waals surface area contributed by atoms with Crippen molar-refractivity contribution < 1.29 is 9.59 Å². The Labute approximate surface area is 173 Å². The zero-order valence-electron chi connectivity index (χ0n) is 14.6. The van der Waals surface area contributed by atoms with E-state index < -0.39 is 6.03 Å². The van der Waals surface area contributed by atoms with Crippen molar-refractivity contribution in [2.45, 2.75) is 12.6 Å². The summed E-state index contributed by atoms with van der Waals surface area (Å²) in [4.78, 5) is 27.3. The Morgan fingerprint density at radius 2 is 2.15 bits per heavy atom. The molecule has 0 radical (unpaired) electrons. The standard InChI is InChI=1S/C18H21ClN4O2S.ClH/c19-14-4-1-3-13(9-14)16-11-20-6-7-23(16)12-17(24)22-18(25)21-10-15-5-2-8-26-15;/h1-5,8-9,16,20H,6-7,10-12H2,(H2,21,22,24,25);1H. The molecule has 1 aromatic heterocycles. The number of urea groups is 1. The summed E-state index contributed by atoms with van der Waals surface area (Å²) in [5.74, 6) is -0.317. The molecule has 1 aromatic carbocycles. The van der Waals surface area contributed by atoms with Gasteiger partial charge in [-0.1, -0.05) is 29.8 Å². The Balaban J connectivity index is 0.00000261. The smallest absolute Gasteiger partial charge is 0.321 e. The van der Waals surface area contributed by atoms with Crippen molar-refractivity contribution in [3.05, 3.63) is 57.2 Å². The number of amides is 3. The third kappa shape index (κ3) is 6.48. The molecule has 3 N–H and O–H groups in total. The Morgan fingerprint density at radius 3 is 2.89 bits per heavy atom. The van der Waals surface area contributed by atoms with Gasteiger partial charge in [0.05, 0.1) is 13.1 Å². The minimum absolute atomic E-state index is 0. The molecule has 1 fully saturated rings. The number of carbonyl (C=O) groups is 2. The van der Waals surface area contributed by atoms with Gasteiger partial charge in [-0.25, -0.2) is 4.79 Å². The number of imide groups is 1. The first-order valence-electron chi connectivity index (χ1n) is 8.42. The number of piperazine rings is 1. The predicted molar refractivity (Wildman–Crippen MR) is 111 cm³/mol. The lowest BCUT2D eigenvalue weighted by Crippen LogP contribution is -2.51. The fraction of sp³-hybridized carbons (Fsp3) is 0.333. The highest BCUT2D eigenvalue weighted by molar-refractivity contribution is 7.09. The number of halogens is 2. The minimum atomic E-state index is -0.474. The van der Waals surface area contributed by atoms with Crippen molar-refractivity contribution in [1.82, 2.24) is 20.9 Å². The van der Waals surface area contributed by atoms with E-state index in [4.69, 9.17) is 11.6 Å². The first kappa shape index (κ1) is 21.7. The van der Waals surface area contributed by atoms with Gasteiger partial charge in [-0.2, -0.15) is 0 Å². The molecule has 0 spiro atoms. The van der Waals surface area contributed by atoms with Crippen LogP contribution >= 0.6 is 35.3 Å². The summed E-state index contributed by atoms with van der Waals surface area (Å²) in [5, 5.41) is 11.1. The summed E-state index contributed by atoms with van der Waals surface area (Å²) < 4.78 is 0. The Bertz CT molecular complexity index is 758. The van der Waals surface area contributed by atoms with Crippen molar-refractivity contribution in [3.8, 4) is 0 Å². The van der Waals surface area contributed by atoms with Gasteiger partial charge in [0.25, 0.3) is 0 Å². The van der Waals surface area contributed by atoms with Crippen LogP contribution in [0.15, 0.2) is 41.8 Å². The summed E-state index contributed by atoms with van der Waals surface area (Å²) in [7, 11) is 0. The van der Waals surface area contributed by atoms with Gasteiger partial charge in [0.2, 0.25) is 5.91 Å². The number of nitrogens with zero attached hydrogens (tertiary/aromatic N) is 1. The highest BCUT2D eigenvalue weighted by atomic mass is 35.5. The second-order valence-electron chi connectivity index (χ2n) is 6.06. The van der Waals surface area contributed by atoms with Gasteiger partial charge in [0, 0.05) is 35.6 Å². The Kier molecular flexibility index (Phi) is 8.53. The van der Waals surface area contributed by atoms with Crippen LogP contribution in [-0.4, -0.2) is 43.0 Å². The molecule has 1 atom stereocenters. The number of hydrogen-bond acceptors (Lipinski definition) is 5. The van der Waals surface area contributed by atoms with E-state index in [2.05, 4.69) is 20.9 Å². The highest BCUT2D eigenvalue weighted by Crippen LogP contribution is 2.24.